The number of nitrogens with zero attached hydrogens (tertiary/aromatic N) is 1. The molecule has 0 bridgehead atoms. The van der Waals surface area contributed by atoms with E-state index in [1.807, 2.05) is 6.92 Å². The van der Waals surface area contributed by atoms with E-state index in [-0.39, 0.29) is 28.7 Å². The van der Waals surface area contributed by atoms with Crippen LogP contribution in [0.15, 0.2) is 17.0 Å². The number of hydrogen-bond donors (Lipinski definition) is 1. The number of sulfonamides is 1. The number of hydrogen-bond acceptors (Lipinski definition) is 4. The maximum absolute atomic E-state index is 13.8. The molecule has 0 radical (unpaired) electrons. The molecule has 112 valence electrons. The van der Waals surface area contributed by atoms with Gasteiger partial charge in [-0.25, -0.2) is 12.8 Å². The lowest BCUT2D eigenvalue weighted by Gasteiger charge is -2.32. The summed E-state index contributed by atoms with van der Waals surface area (Å²) in [5.41, 5.74) is 0.373. The molecule has 4 nitrogen and oxygen atoms in total. The molecule has 1 heterocycles. The minimum absolute atomic E-state index is 0.0414. The van der Waals surface area contributed by atoms with Crippen molar-refractivity contribution < 1.29 is 17.9 Å². The highest BCUT2D eigenvalue weighted by atomic mass is 32.2. The Morgan fingerprint density at radius 2 is 2.20 bits per heavy atom. The van der Waals surface area contributed by atoms with E-state index < -0.39 is 15.8 Å². The Morgan fingerprint density at radius 3 is 2.80 bits per heavy atom. The predicted molar refractivity (Wildman–Crippen MR) is 77.7 cm³/mol. The van der Waals surface area contributed by atoms with Gasteiger partial charge in [0.05, 0.1) is 11.5 Å². The second kappa shape index (κ2) is 6.01. The first-order chi connectivity index (χ1) is 9.37. The molecule has 0 saturated carbocycles. The van der Waals surface area contributed by atoms with E-state index in [2.05, 4.69) is 0 Å². The number of aliphatic hydroxyl groups is 1. The van der Waals surface area contributed by atoms with E-state index in [0.29, 0.717) is 6.54 Å². The Labute approximate surface area is 123 Å². The zero-order valence-corrected chi connectivity index (χ0v) is 13.1. The average Bonchev–Trinajstić information content (AvgIpc) is 2.41. The van der Waals surface area contributed by atoms with E-state index in [0.717, 1.165) is 11.5 Å². The smallest absolute Gasteiger partial charge is 0.243 e. The number of thioether (sulfide) groups is 1. The van der Waals surface area contributed by atoms with Crippen LogP contribution in [0.25, 0.3) is 0 Å². The lowest BCUT2D eigenvalue weighted by molar-refractivity contribution is 0.280. The van der Waals surface area contributed by atoms with Crippen LogP contribution in [0.4, 0.5) is 4.39 Å². The van der Waals surface area contributed by atoms with Crippen molar-refractivity contribution in [2.75, 3.05) is 18.1 Å². The summed E-state index contributed by atoms with van der Waals surface area (Å²) in [6, 6.07) is 2.42. The highest BCUT2D eigenvalue weighted by Crippen LogP contribution is 2.28. The molecule has 0 aromatic heterocycles. The summed E-state index contributed by atoms with van der Waals surface area (Å²) >= 11 is 1.71. The van der Waals surface area contributed by atoms with Crippen LogP contribution in [0.5, 0.6) is 0 Å². The molecule has 1 aliphatic heterocycles. The fourth-order valence-corrected chi connectivity index (χ4v) is 5.40. The van der Waals surface area contributed by atoms with Crippen molar-refractivity contribution in [1.29, 1.82) is 0 Å². The molecule has 1 N–H and O–H groups in total. The molecular formula is C13H18FNO3S2. The molecule has 1 aliphatic rings. The van der Waals surface area contributed by atoms with Gasteiger partial charge >= 0.3 is 0 Å². The van der Waals surface area contributed by atoms with Gasteiger partial charge in [-0.2, -0.15) is 16.1 Å². The van der Waals surface area contributed by atoms with Crippen molar-refractivity contribution in [3.8, 4) is 0 Å². The van der Waals surface area contributed by atoms with Gasteiger partial charge < -0.3 is 5.11 Å². The molecule has 0 spiro atoms. The van der Waals surface area contributed by atoms with Gasteiger partial charge in [-0.3, -0.25) is 0 Å². The third-order valence-electron chi connectivity index (χ3n) is 3.43. The second-order valence-electron chi connectivity index (χ2n) is 4.90. The van der Waals surface area contributed by atoms with Gasteiger partial charge in [0, 0.05) is 29.7 Å². The fourth-order valence-electron chi connectivity index (χ4n) is 2.26. The molecule has 0 amide bonds. The monoisotopic (exact) mass is 319 g/mol. The van der Waals surface area contributed by atoms with Crippen LogP contribution in [0.3, 0.4) is 0 Å². The highest BCUT2D eigenvalue weighted by Gasteiger charge is 2.33. The minimum atomic E-state index is -3.73. The lowest BCUT2D eigenvalue weighted by Crippen LogP contribution is -2.44. The zero-order chi connectivity index (χ0) is 14.9. The van der Waals surface area contributed by atoms with Gasteiger partial charge in [0.1, 0.15) is 5.82 Å². The molecular weight excluding hydrogens is 301 g/mol. The maximum atomic E-state index is 13.8. The predicted octanol–water partition coefficient (Wildman–Crippen LogP) is 1.75. The molecule has 2 rings (SSSR count). The SMILES string of the molecule is Cc1c(F)cc(CO)cc1S(=O)(=O)N1CCSCC1C. The number of halogens is 1. The summed E-state index contributed by atoms with van der Waals surface area (Å²) in [6.07, 6.45) is 0. The second-order valence-corrected chi connectivity index (χ2v) is 7.91. The molecule has 1 fully saturated rings. The standard InChI is InChI=1S/C13H18FNO3S2/c1-9-8-19-4-3-15(9)20(17,18)13-6-11(7-16)5-12(14)10(13)2/h5-6,9,16H,3-4,7-8H2,1-2H3. The van der Waals surface area contributed by atoms with Crippen molar-refractivity contribution in [1.82, 2.24) is 4.31 Å². The average molecular weight is 319 g/mol. The van der Waals surface area contributed by atoms with Crippen molar-refractivity contribution in [2.45, 2.75) is 31.4 Å². The van der Waals surface area contributed by atoms with Crippen LogP contribution < -0.4 is 0 Å². The van der Waals surface area contributed by atoms with Crippen molar-refractivity contribution in [3.05, 3.63) is 29.1 Å². The molecule has 7 heteroatoms. The van der Waals surface area contributed by atoms with E-state index in [1.165, 1.54) is 23.4 Å². The Kier molecular flexibility index (Phi) is 4.73. The highest BCUT2D eigenvalue weighted by molar-refractivity contribution is 7.99. The van der Waals surface area contributed by atoms with Gasteiger partial charge in [-0.1, -0.05) is 0 Å². The summed E-state index contributed by atoms with van der Waals surface area (Å²) in [6.45, 7) is 3.35. The van der Waals surface area contributed by atoms with E-state index >= 15 is 0 Å². The molecule has 1 unspecified atom stereocenters. The van der Waals surface area contributed by atoms with E-state index in [9.17, 15) is 12.8 Å². The van der Waals surface area contributed by atoms with Gasteiger partial charge in [0.2, 0.25) is 10.0 Å². The number of aliphatic hydroxyl groups excluding tert-OH is 1. The summed E-state index contributed by atoms with van der Waals surface area (Å²) in [5, 5.41) is 9.13. The van der Waals surface area contributed by atoms with Crippen LogP contribution >= 0.6 is 11.8 Å². The van der Waals surface area contributed by atoms with Gasteiger partial charge in [0.15, 0.2) is 0 Å². The molecule has 1 aromatic carbocycles. The first kappa shape index (κ1) is 15.8. The maximum Gasteiger partial charge on any atom is 0.243 e. The Hall–Kier alpha value is -0.630. The lowest BCUT2D eigenvalue weighted by atomic mass is 10.1. The van der Waals surface area contributed by atoms with Crippen LogP contribution in [0.1, 0.15) is 18.1 Å². The molecule has 1 atom stereocenters. The Bertz CT molecular complexity index is 604. The number of benzene rings is 1. The van der Waals surface area contributed by atoms with Crippen LogP contribution in [-0.4, -0.2) is 41.9 Å². The first-order valence-electron chi connectivity index (χ1n) is 6.37. The fraction of sp³-hybridized carbons (Fsp3) is 0.538. The van der Waals surface area contributed by atoms with Gasteiger partial charge in [0.25, 0.3) is 0 Å². The van der Waals surface area contributed by atoms with E-state index in [1.54, 1.807) is 11.8 Å². The third kappa shape index (κ3) is 2.86. The minimum Gasteiger partial charge on any atom is -0.392 e. The Balaban J connectivity index is 2.51. The molecule has 20 heavy (non-hydrogen) atoms. The molecule has 1 aromatic rings. The third-order valence-corrected chi connectivity index (χ3v) is 6.76. The number of rotatable bonds is 3. The van der Waals surface area contributed by atoms with Crippen molar-refractivity contribution in [2.24, 2.45) is 0 Å². The molecule has 0 aliphatic carbocycles. The van der Waals surface area contributed by atoms with Gasteiger partial charge in [-0.15, -0.1) is 0 Å². The first-order valence-corrected chi connectivity index (χ1v) is 8.97. The van der Waals surface area contributed by atoms with Crippen LogP contribution in [0.2, 0.25) is 0 Å². The van der Waals surface area contributed by atoms with Crippen molar-refractivity contribution >= 4 is 21.8 Å². The normalized spacial score (nSPS) is 21.1. The summed E-state index contributed by atoms with van der Waals surface area (Å²) in [4.78, 5) is -0.0414. The summed E-state index contributed by atoms with van der Waals surface area (Å²) in [5.74, 6) is 0.875. The largest absolute Gasteiger partial charge is 0.392 e. The summed E-state index contributed by atoms with van der Waals surface area (Å²) in [7, 11) is -3.73. The van der Waals surface area contributed by atoms with E-state index in [4.69, 9.17) is 5.11 Å². The zero-order valence-electron chi connectivity index (χ0n) is 11.5. The topological polar surface area (TPSA) is 57.6 Å². The van der Waals surface area contributed by atoms with Gasteiger partial charge in [-0.05, 0) is 31.5 Å². The van der Waals surface area contributed by atoms with Crippen LogP contribution in [-0.2, 0) is 16.6 Å². The van der Waals surface area contributed by atoms with Crippen LogP contribution in [0, 0.1) is 12.7 Å². The van der Waals surface area contributed by atoms with Crippen molar-refractivity contribution in [3.63, 3.8) is 0 Å². The molecule has 1 saturated heterocycles. The Morgan fingerprint density at radius 1 is 1.50 bits per heavy atom. The quantitative estimate of drug-likeness (QED) is 0.922. The summed E-state index contributed by atoms with van der Waals surface area (Å²) < 4.78 is 40.7.